The second kappa shape index (κ2) is 4.85. The molecule has 3 rings (SSSR count). The molecular formula is C14H13NO4. The molecule has 0 saturated carbocycles. The van der Waals surface area contributed by atoms with Gasteiger partial charge in [-0.15, -0.1) is 0 Å². The number of non-ortho nitro benzene ring substituents is 1. The van der Waals surface area contributed by atoms with Gasteiger partial charge in [-0.05, 0) is 17.2 Å². The van der Waals surface area contributed by atoms with Crippen LogP contribution in [0, 0.1) is 16.0 Å². The molecule has 0 unspecified atom stereocenters. The summed E-state index contributed by atoms with van der Waals surface area (Å²) in [7, 11) is 0. The summed E-state index contributed by atoms with van der Waals surface area (Å²) >= 11 is 0. The smallest absolute Gasteiger partial charge is 0.269 e. The highest BCUT2D eigenvalue weighted by Crippen LogP contribution is 2.37. The van der Waals surface area contributed by atoms with Gasteiger partial charge in [0, 0.05) is 24.0 Å². The van der Waals surface area contributed by atoms with Gasteiger partial charge in [0.2, 0.25) is 0 Å². The van der Waals surface area contributed by atoms with Crippen molar-refractivity contribution in [2.24, 2.45) is 5.92 Å². The van der Waals surface area contributed by atoms with Crippen molar-refractivity contribution in [3.8, 4) is 0 Å². The van der Waals surface area contributed by atoms with E-state index in [4.69, 9.17) is 9.47 Å². The van der Waals surface area contributed by atoms with Crippen molar-refractivity contribution in [2.45, 2.75) is 5.92 Å². The average Bonchev–Trinajstić information content (AvgIpc) is 2.79. The van der Waals surface area contributed by atoms with E-state index in [-0.39, 0.29) is 22.4 Å². The van der Waals surface area contributed by atoms with E-state index in [1.165, 1.54) is 12.1 Å². The lowest BCUT2D eigenvalue weighted by Crippen LogP contribution is -2.12. The van der Waals surface area contributed by atoms with Gasteiger partial charge in [0.1, 0.15) is 0 Å². The molecule has 0 amide bonds. The van der Waals surface area contributed by atoms with E-state index in [1.54, 1.807) is 24.7 Å². The molecular weight excluding hydrogens is 246 g/mol. The Labute approximate surface area is 110 Å². The van der Waals surface area contributed by atoms with E-state index in [0.717, 1.165) is 11.1 Å². The summed E-state index contributed by atoms with van der Waals surface area (Å²) in [6.07, 6.45) is 5.38. The van der Waals surface area contributed by atoms with Crippen LogP contribution in [0.1, 0.15) is 11.5 Å². The van der Waals surface area contributed by atoms with Gasteiger partial charge in [0.25, 0.3) is 5.69 Å². The van der Waals surface area contributed by atoms with Gasteiger partial charge in [0.15, 0.2) is 0 Å². The van der Waals surface area contributed by atoms with Crippen LogP contribution in [-0.4, -0.2) is 18.1 Å². The molecule has 2 aliphatic rings. The van der Waals surface area contributed by atoms with E-state index >= 15 is 0 Å². The van der Waals surface area contributed by atoms with Crippen molar-refractivity contribution in [2.75, 3.05) is 13.2 Å². The zero-order chi connectivity index (χ0) is 13.2. The van der Waals surface area contributed by atoms with Crippen LogP contribution in [-0.2, 0) is 9.47 Å². The van der Waals surface area contributed by atoms with Gasteiger partial charge in [-0.2, -0.15) is 0 Å². The summed E-state index contributed by atoms with van der Waals surface area (Å²) in [5.74, 6) is 0.386. The van der Waals surface area contributed by atoms with Crippen LogP contribution in [0.5, 0.6) is 0 Å². The number of rotatable bonds is 2. The van der Waals surface area contributed by atoms with Gasteiger partial charge >= 0.3 is 0 Å². The molecule has 0 aromatic heterocycles. The first-order valence-corrected chi connectivity index (χ1v) is 6.09. The molecule has 1 saturated heterocycles. The van der Waals surface area contributed by atoms with Crippen molar-refractivity contribution < 1.29 is 14.4 Å². The second-order valence-electron chi connectivity index (χ2n) is 4.65. The van der Waals surface area contributed by atoms with Crippen LogP contribution in [0.3, 0.4) is 0 Å². The Hall–Kier alpha value is -2.14. The molecule has 5 heteroatoms. The Balaban J connectivity index is 1.91. The number of allylic oxidation sites excluding steroid dienone is 1. The summed E-state index contributed by atoms with van der Waals surface area (Å²) in [6, 6.07) is 6.67. The van der Waals surface area contributed by atoms with Gasteiger partial charge < -0.3 is 9.47 Å². The minimum absolute atomic E-state index is 0.107. The molecule has 1 aromatic rings. The third kappa shape index (κ3) is 2.24. The van der Waals surface area contributed by atoms with E-state index in [0.29, 0.717) is 13.2 Å². The number of nitrogens with zero attached hydrogens (tertiary/aromatic N) is 1. The Morgan fingerprint density at radius 3 is 2.79 bits per heavy atom. The highest BCUT2D eigenvalue weighted by Gasteiger charge is 2.31. The Bertz CT molecular complexity index is 547. The molecule has 5 nitrogen and oxygen atoms in total. The Morgan fingerprint density at radius 1 is 1.26 bits per heavy atom. The SMILES string of the molecule is O=[N+]([O-])c1ccc([C@@H]2C=COC=C3COC[C@@H]32)cc1. The molecule has 0 radical (unpaired) electrons. The number of hydrogen-bond donors (Lipinski definition) is 0. The van der Waals surface area contributed by atoms with Crippen LogP contribution in [0.15, 0.2) is 48.4 Å². The number of benzene rings is 1. The molecule has 2 atom stereocenters. The number of hydrogen-bond acceptors (Lipinski definition) is 4. The van der Waals surface area contributed by atoms with E-state index in [2.05, 4.69) is 0 Å². The largest absolute Gasteiger partial charge is 0.473 e. The maximum Gasteiger partial charge on any atom is 0.269 e. The lowest BCUT2D eigenvalue weighted by Gasteiger charge is -2.18. The summed E-state index contributed by atoms with van der Waals surface area (Å²) in [6.45, 7) is 1.25. The number of ether oxygens (including phenoxy) is 2. The van der Waals surface area contributed by atoms with Crippen LogP contribution in [0.2, 0.25) is 0 Å². The molecule has 98 valence electrons. The molecule has 2 heterocycles. The third-order valence-corrected chi connectivity index (χ3v) is 3.55. The predicted molar refractivity (Wildman–Crippen MR) is 68.5 cm³/mol. The monoisotopic (exact) mass is 259 g/mol. The average molecular weight is 259 g/mol. The first-order chi connectivity index (χ1) is 9.25. The predicted octanol–water partition coefficient (Wildman–Crippen LogP) is 2.75. The van der Waals surface area contributed by atoms with Crippen LogP contribution >= 0.6 is 0 Å². The van der Waals surface area contributed by atoms with Crippen molar-refractivity contribution in [1.82, 2.24) is 0 Å². The maximum absolute atomic E-state index is 10.7. The highest BCUT2D eigenvalue weighted by atomic mass is 16.6. The number of nitro groups is 1. The summed E-state index contributed by atoms with van der Waals surface area (Å²) in [5, 5.41) is 10.7. The Morgan fingerprint density at radius 2 is 2.05 bits per heavy atom. The van der Waals surface area contributed by atoms with Gasteiger partial charge in [-0.25, -0.2) is 0 Å². The van der Waals surface area contributed by atoms with Crippen molar-refractivity contribution in [1.29, 1.82) is 0 Å². The van der Waals surface area contributed by atoms with Crippen LogP contribution in [0.4, 0.5) is 5.69 Å². The minimum Gasteiger partial charge on any atom is -0.473 e. The molecule has 2 aliphatic heterocycles. The number of fused-ring (bicyclic) bond motifs is 1. The molecule has 0 N–H and O–H groups in total. The molecule has 1 fully saturated rings. The zero-order valence-electron chi connectivity index (χ0n) is 10.2. The number of nitro benzene ring substituents is 1. The zero-order valence-corrected chi connectivity index (χ0v) is 10.2. The normalized spacial score (nSPS) is 25.2. The van der Waals surface area contributed by atoms with E-state index in [9.17, 15) is 10.1 Å². The van der Waals surface area contributed by atoms with E-state index < -0.39 is 0 Å². The standard InChI is InChI=1S/C14H13NO4/c16-15(17)12-3-1-10(2-4-12)13-5-6-18-7-11-8-19-9-14(11)13/h1-7,13-14H,8-9H2/t13-,14-/m0/s1. The summed E-state index contributed by atoms with van der Waals surface area (Å²) in [5.41, 5.74) is 2.28. The van der Waals surface area contributed by atoms with Crippen LogP contribution < -0.4 is 0 Å². The molecule has 0 spiro atoms. The van der Waals surface area contributed by atoms with E-state index in [1.807, 2.05) is 6.08 Å². The fourth-order valence-corrected chi connectivity index (χ4v) is 2.53. The minimum atomic E-state index is -0.389. The first kappa shape index (κ1) is 11.9. The maximum atomic E-state index is 10.7. The highest BCUT2D eigenvalue weighted by molar-refractivity contribution is 5.38. The molecule has 0 aliphatic carbocycles. The van der Waals surface area contributed by atoms with Crippen molar-refractivity contribution >= 4 is 5.69 Å². The Kier molecular flexibility index (Phi) is 3.05. The van der Waals surface area contributed by atoms with Crippen molar-refractivity contribution in [3.63, 3.8) is 0 Å². The fraction of sp³-hybridized carbons (Fsp3) is 0.286. The molecule has 19 heavy (non-hydrogen) atoms. The lowest BCUT2D eigenvalue weighted by molar-refractivity contribution is -0.384. The van der Waals surface area contributed by atoms with Crippen molar-refractivity contribution in [3.05, 3.63) is 64.1 Å². The topological polar surface area (TPSA) is 61.6 Å². The molecule has 1 aromatic carbocycles. The second-order valence-corrected chi connectivity index (χ2v) is 4.65. The lowest BCUT2D eigenvalue weighted by atomic mass is 9.83. The summed E-state index contributed by atoms with van der Waals surface area (Å²) < 4.78 is 10.8. The van der Waals surface area contributed by atoms with Gasteiger partial charge in [0.05, 0.1) is 30.7 Å². The quantitative estimate of drug-likeness (QED) is 0.605. The summed E-state index contributed by atoms with van der Waals surface area (Å²) in [4.78, 5) is 10.3. The third-order valence-electron chi connectivity index (χ3n) is 3.55. The van der Waals surface area contributed by atoms with Gasteiger partial charge in [-0.3, -0.25) is 10.1 Å². The van der Waals surface area contributed by atoms with Crippen LogP contribution in [0.25, 0.3) is 0 Å². The van der Waals surface area contributed by atoms with Gasteiger partial charge in [-0.1, -0.05) is 12.1 Å². The first-order valence-electron chi connectivity index (χ1n) is 6.09. The molecule has 0 bridgehead atoms. The fourth-order valence-electron chi connectivity index (χ4n) is 2.53.